The largest absolute Gasteiger partial charge is 0.462 e. The highest BCUT2D eigenvalue weighted by molar-refractivity contribution is 7.71. The van der Waals surface area contributed by atoms with Gasteiger partial charge in [-0.3, -0.25) is 0 Å². The molecule has 6 nitrogen and oxygen atoms in total. The second-order valence-electron chi connectivity index (χ2n) is 3.32. The van der Waals surface area contributed by atoms with Crippen LogP contribution in [0.1, 0.15) is 40.5 Å². The number of carbonyl (C=O) groups is 2. The first kappa shape index (κ1) is 14.3. The zero-order valence-corrected chi connectivity index (χ0v) is 11.2. The maximum atomic E-state index is 11.7. The van der Waals surface area contributed by atoms with Gasteiger partial charge in [0, 0.05) is 0 Å². The van der Waals surface area contributed by atoms with E-state index in [0.717, 1.165) is 0 Å². The van der Waals surface area contributed by atoms with Gasteiger partial charge in [0.05, 0.1) is 13.2 Å². The van der Waals surface area contributed by atoms with E-state index >= 15 is 0 Å². The van der Waals surface area contributed by atoms with Crippen LogP contribution in [0.2, 0.25) is 0 Å². The van der Waals surface area contributed by atoms with Crippen LogP contribution < -0.4 is 0 Å². The van der Waals surface area contributed by atoms with Crippen molar-refractivity contribution >= 4 is 24.2 Å². The molecule has 7 heteroatoms. The van der Waals surface area contributed by atoms with Crippen molar-refractivity contribution < 1.29 is 19.1 Å². The number of hydrogen-bond acceptors (Lipinski definition) is 6. The van der Waals surface area contributed by atoms with Gasteiger partial charge in [0.2, 0.25) is 0 Å². The molecule has 0 atom stereocenters. The molecule has 1 rings (SSSR count). The quantitative estimate of drug-likeness (QED) is 0.663. The predicted molar refractivity (Wildman–Crippen MR) is 66.1 cm³/mol. The van der Waals surface area contributed by atoms with Gasteiger partial charge in [-0.15, -0.1) is 0 Å². The summed E-state index contributed by atoms with van der Waals surface area (Å²) in [7, 11) is 0. The summed E-state index contributed by atoms with van der Waals surface area (Å²) in [5.41, 5.74) is -0.0799. The first-order valence-corrected chi connectivity index (χ1v) is 5.87. The molecular weight excluding hydrogens is 256 g/mol. The van der Waals surface area contributed by atoms with Crippen molar-refractivity contribution in [3.05, 3.63) is 21.7 Å². The lowest BCUT2D eigenvalue weighted by Crippen LogP contribution is -2.18. The number of H-pyrrole nitrogens is 1. The zero-order valence-electron chi connectivity index (χ0n) is 10.4. The Morgan fingerprint density at radius 2 is 1.78 bits per heavy atom. The van der Waals surface area contributed by atoms with Crippen molar-refractivity contribution in [3.63, 3.8) is 0 Å². The second kappa shape index (κ2) is 6.25. The molecule has 98 valence electrons. The number of carbonyl (C=O) groups excluding carboxylic acids is 2. The summed E-state index contributed by atoms with van der Waals surface area (Å²) < 4.78 is 9.72. The normalized spacial score (nSPS) is 9.94. The third kappa shape index (κ3) is 3.13. The Morgan fingerprint density at radius 3 is 2.33 bits per heavy atom. The fraction of sp³-hybridized carbons (Fsp3) is 0.455. The number of aromatic nitrogens is 2. The van der Waals surface area contributed by atoms with Crippen molar-refractivity contribution in [2.45, 2.75) is 20.8 Å². The Balaban J connectivity index is 3.34. The summed E-state index contributed by atoms with van der Waals surface area (Å²) in [6, 6.07) is 0. The van der Waals surface area contributed by atoms with Crippen molar-refractivity contribution in [1.29, 1.82) is 0 Å². The molecule has 0 aromatic carbocycles. The lowest BCUT2D eigenvalue weighted by atomic mass is 10.2. The van der Waals surface area contributed by atoms with Crippen molar-refractivity contribution in [3.8, 4) is 0 Å². The molecule has 0 bridgehead atoms. The van der Waals surface area contributed by atoms with Crippen LogP contribution in [-0.4, -0.2) is 35.1 Å². The van der Waals surface area contributed by atoms with Crippen LogP contribution in [0.5, 0.6) is 0 Å². The number of nitrogens with one attached hydrogen (secondary N) is 1. The average molecular weight is 270 g/mol. The van der Waals surface area contributed by atoms with E-state index in [9.17, 15) is 9.59 Å². The highest BCUT2D eigenvalue weighted by Gasteiger charge is 2.22. The molecule has 0 saturated heterocycles. The van der Waals surface area contributed by atoms with Gasteiger partial charge in [-0.1, -0.05) is 12.2 Å². The van der Waals surface area contributed by atoms with E-state index in [0.29, 0.717) is 5.82 Å². The topological polar surface area (TPSA) is 81.3 Å². The minimum Gasteiger partial charge on any atom is -0.462 e. The summed E-state index contributed by atoms with van der Waals surface area (Å²) in [6.07, 6.45) is 0. The molecule has 1 aromatic heterocycles. The second-order valence-corrected chi connectivity index (χ2v) is 3.71. The molecule has 0 aliphatic heterocycles. The molecule has 0 fully saturated rings. The molecule has 0 aliphatic carbocycles. The van der Waals surface area contributed by atoms with Gasteiger partial charge in [-0.05, 0) is 20.8 Å². The third-order valence-corrected chi connectivity index (χ3v) is 2.29. The third-order valence-electron chi connectivity index (χ3n) is 2.00. The highest BCUT2D eigenvalue weighted by Crippen LogP contribution is 2.11. The number of ether oxygens (including phenoxy) is 2. The van der Waals surface area contributed by atoms with E-state index < -0.39 is 11.9 Å². The molecule has 1 heterocycles. The summed E-state index contributed by atoms with van der Waals surface area (Å²) in [5.74, 6) is -0.914. The Morgan fingerprint density at radius 1 is 1.22 bits per heavy atom. The molecule has 1 aromatic rings. The standard InChI is InChI=1S/C11H14N2O4S/c1-4-16-10(14)7-8(11(15)17-5-2)12-6(3)13-9(7)18/h4-5H2,1-3H3,(H,12,13,18). The first-order valence-electron chi connectivity index (χ1n) is 5.46. The number of aromatic amines is 1. The molecule has 18 heavy (non-hydrogen) atoms. The molecule has 0 aliphatic rings. The monoisotopic (exact) mass is 270 g/mol. The van der Waals surface area contributed by atoms with Gasteiger partial charge in [-0.2, -0.15) is 0 Å². The maximum absolute atomic E-state index is 11.7. The molecule has 1 N–H and O–H groups in total. The fourth-order valence-electron chi connectivity index (χ4n) is 1.34. The maximum Gasteiger partial charge on any atom is 0.355 e. The molecule has 0 spiro atoms. The number of aryl methyl sites for hydroxylation is 1. The number of nitrogens with zero attached hydrogens (tertiary/aromatic N) is 1. The minimum atomic E-state index is -0.686. The van der Waals surface area contributed by atoms with Gasteiger partial charge in [0.1, 0.15) is 21.7 Å². The van der Waals surface area contributed by atoms with Gasteiger partial charge in [-0.25, -0.2) is 14.6 Å². The summed E-state index contributed by atoms with van der Waals surface area (Å²) in [4.78, 5) is 30.1. The summed E-state index contributed by atoms with van der Waals surface area (Å²) >= 11 is 4.98. The van der Waals surface area contributed by atoms with Gasteiger partial charge in [0.15, 0.2) is 0 Å². The highest BCUT2D eigenvalue weighted by atomic mass is 32.1. The van der Waals surface area contributed by atoms with Crippen LogP contribution in [0.25, 0.3) is 0 Å². The van der Waals surface area contributed by atoms with Crippen LogP contribution >= 0.6 is 12.2 Å². The smallest absolute Gasteiger partial charge is 0.355 e. The van der Waals surface area contributed by atoms with Gasteiger partial charge < -0.3 is 14.5 Å². The van der Waals surface area contributed by atoms with Crippen LogP contribution in [0.3, 0.4) is 0 Å². The van der Waals surface area contributed by atoms with Crippen LogP contribution in [0, 0.1) is 11.6 Å². The lowest BCUT2D eigenvalue weighted by Gasteiger charge is -2.09. The Labute approximate surface area is 109 Å². The Hall–Kier alpha value is -1.76. The fourth-order valence-corrected chi connectivity index (χ4v) is 1.66. The van der Waals surface area contributed by atoms with Crippen LogP contribution in [0.15, 0.2) is 0 Å². The Bertz CT molecular complexity index is 524. The molecule has 0 unspecified atom stereocenters. The van der Waals surface area contributed by atoms with E-state index in [1.54, 1.807) is 20.8 Å². The zero-order chi connectivity index (χ0) is 13.7. The number of hydrogen-bond donors (Lipinski definition) is 1. The number of rotatable bonds is 4. The first-order chi connectivity index (χ1) is 8.51. The summed E-state index contributed by atoms with van der Waals surface area (Å²) in [5, 5.41) is 0. The lowest BCUT2D eigenvalue weighted by molar-refractivity contribution is 0.0471. The minimum absolute atomic E-state index is 0.0206. The van der Waals surface area contributed by atoms with Gasteiger partial charge >= 0.3 is 11.9 Å². The van der Waals surface area contributed by atoms with Crippen LogP contribution in [0.4, 0.5) is 0 Å². The van der Waals surface area contributed by atoms with Crippen molar-refractivity contribution in [1.82, 2.24) is 9.97 Å². The predicted octanol–water partition coefficient (Wildman–Crippen LogP) is 1.80. The van der Waals surface area contributed by atoms with Crippen molar-refractivity contribution in [2.75, 3.05) is 13.2 Å². The molecular formula is C11H14N2O4S. The number of esters is 2. The van der Waals surface area contributed by atoms with E-state index in [-0.39, 0.29) is 29.1 Å². The molecule has 0 amide bonds. The SMILES string of the molecule is CCOC(=O)c1[nH]c(C)nc(=S)c1C(=O)OCC. The summed E-state index contributed by atoms with van der Waals surface area (Å²) in [6.45, 7) is 5.35. The van der Waals surface area contributed by atoms with E-state index in [1.807, 2.05) is 0 Å². The van der Waals surface area contributed by atoms with Crippen LogP contribution in [-0.2, 0) is 9.47 Å². The van der Waals surface area contributed by atoms with Crippen molar-refractivity contribution in [2.24, 2.45) is 0 Å². The van der Waals surface area contributed by atoms with E-state index in [1.165, 1.54) is 0 Å². The van der Waals surface area contributed by atoms with E-state index in [2.05, 4.69) is 9.97 Å². The Kier molecular flexibility index (Phi) is 4.96. The van der Waals surface area contributed by atoms with Gasteiger partial charge in [0.25, 0.3) is 0 Å². The molecule has 0 radical (unpaired) electrons. The average Bonchev–Trinajstić information content (AvgIpc) is 2.28. The molecule has 0 saturated carbocycles. The van der Waals surface area contributed by atoms with E-state index in [4.69, 9.17) is 21.7 Å².